The fraction of sp³-hybridized carbons (Fsp3) is 0.364. The first kappa shape index (κ1) is 23.3. The molecule has 1 aliphatic heterocycles. The number of rotatable bonds is 5. The number of nitrogens with one attached hydrogen (secondary N) is 2. The molecule has 4 rings (SSSR count). The van der Waals surface area contributed by atoms with Crippen LogP contribution in [0.5, 0.6) is 5.88 Å². The van der Waals surface area contributed by atoms with E-state index in [0.29, 0.717) is 25.7 Å². The number of benzene rings is 1. The molecule has 1 aromatic heterocycles. The Morgan fingerprint density at radius 3 is 2.59 bits per heavy atom. The lowest BCUT2D eigenvalue weighted by atomic mass is 9.92. The molecule has 4 N–H and O–H groups in total. The maximum absolute atomic E-state index is 13.3. The molecule has 2 aliphatic rings. The summed E-state index contributed by atoms with van der Waals surface area (Å²) in [7, 11) is 0. The second-order valence-electron chi connectivity index (χ2n) is 8.04. The molecule has 0 spiro atoms. The minimum absolute atomic E-state index is 0.00732. The third-order valence-corrected chi connectivity index (χ3v) is 5.70. The molecule has 9 nitrogen and oxygen atoms in total. The van der Waals surface area contributed by atoms with Crippen LogP contribution in [-0.4, -0.2) is 35.0 Å². The molecule has 1 aliphatic carbocycles. The number of alkyl halides is 3. The van der Waals surface area contributed by atoms with Crippen LogP contribution in [0, 0.1) is 0 Å². The molecule has 0 saturated heterocycles. The van der Waals surface area contributed by atoms with Gasteiger partial charge in [0.15, 0.2) is 0 Å². The number of carbonyl (C=O) groups is 3. The summed E-state index contributed by atoms with van der Waals surface area (Å²) >= 11 is 0. The van der Waals surface area contributed by atoms with Crippen molar-refractivity contribution in [3.8, 4) is 5.88 Å². The van der Waals surface area contributed by atoms with Gasteiger partial charge in [-0.3, -0.25) is 14.9 Å². The molecular formula is C22H21F3N4O5. The van der Waals surface area contributed by atoms with Gasteiger partial charge in [0.05, 0.1) is 16.8 Å². The number of nitrogens with two attached hydrogens (primary N) is 1. The van der Waals surface area contributed by atoms with Gasteiger partial charge >= 0.3 is 12.3 Å². The summed E-state index contributed by atoms with van der Waals surface area (Å²) in [6.45, 7) is -0.366. The van der Waals surface area contributed by atoms with Gasteiger partial charge in [0, 0.05) is 17.8 Å². The molecule has 180 valence electrons. The predicted molar refractivity (Wildman–Crippen MR) is 112 cm³/mol. The van der Waals surface area contributed by atoms with Crippen molar-refractivity contribution in [3.05, 3.63) is 52.7 Å². The van der Waals surface area contributed by atoms with Crippen LogP contribution in [0.3, 0.4) is 0 Å². The number of anilines is 1. The molecule has 0 radical (unpaired) electrons. The lowest BCUT2D eigenvalue weighted by Crippen LogP contribution is -2.40. The fourth-order valence-electron chi connectivity index (χ4n) is 4.01. The minimum atomic E-state index is -4.67. The lowest BCUT2D eigenvalue weighted by molar-refractivity contribution is -0.137. The number of hydrogen-bond acceptors (Lipinski definition) is 6. The highest BCUT2D eigenvalue weighted by atomic mass is 19.4. The van der Waals surface area contributed by atoms with E-state index in [1.54, 1.807) is 6.07 Å². The van der Waals surface area contributed by atoms with E-state index in [1.807, 2.05) is 0 Å². The number of cyclic esters (lactones) is 1. The van der Waals surface area contributed by atoms with E-state index < -0.39 is 29.6 Å². The van der Waals surface area contributed by atoms with Crippen molar-refractivity contribution in [2.45, 2.75) is 50.6 Å². The van der Waals surface area contributed by atoms with Gasteiger partial charge < -0.3 is 20.5 Å². The number of primary amides is 1. The summed E-state index contributed by atoms with van der Waals surface area (Å²) < 4.78 is 50.5. The van der Waals surface area contributed by atoms with Gasteiger partial charge in [-0.05, 0) is 49.9 Å². The number of aromatic nitrogens is 1. The van der Waals surface area contributed by atoms with Gasteiger partial charge in [-0.15, -0.1) is 0 Å². The second-order valence-corrected chi connectivity index (χ2v) is 8.04. The van der Waals surface area contributed by atoms with E-state index in [-0.39, 0.29) is 47.0 Å². The van der Waals surface area contributed by atoms with E-state index >= 15 is 0 Å². The topological polar surface area (TPSA) is 133 Å². The summed E-state index contributed by atoms with van der Waals surface area (Å²) in [6.07, 6.45) is -2.28. The first-order chi connectivity index (χ1) is 16.1. The van der Waals surface area contributed by atoms with Gasteiger partial charge in [0.25, 0.3) is 11.8 Å². The van der Waals surface area contributed by atoms with Crippen LogP contribution in [0.2, 0.25) is 0 Å². The monoisotopic (exact) mass is 478 g/mol. The van der Waals surface area contributed by atoms with Crippen molar-refractivity contribution >= 4 is 23.6 Å². The fourth-order valence-corrected chi connectivity index (χ4v) is 4.01. The smallest absolute Gasteiger partial charge is 0.416 e. The highest BCUT2D eigenvalue weighted by Crippen LogP contribution is 2.36. The quantitative estimate of drug-likeness (QED) is 0.604. The SMILES string of the molecule is NC(=O)c1cccnc1OC1CCC(NC(=O)c2cc(C(F)(F)F)cc3c2NC(=O)OC3)CC1. The van der Waals surface area contributed by atoms with Crippen LogP contribution in [0.1, 0.15) is 57.5 Å². The minimum Gasteiger partial charge on any atom is -0.474 e. The van der Waals surface area contributed by atoms with Crippen LogP contribution < -0.4 is 21.1 Å². The van der Waals surface area contributed by atoms with Crippen LogP contribution in [0.15, 0.2) is 30.5 Å². The van der Waals surface area contributed by atoms with E-state index in [9.17, 15) is 27.6 Å². The van der Waals surface area contributed by atoms with Crippen LogP contribution in [0.25, 0.3) is 0 Å². The van der Waals surface area contributed by atoms with Crippen molar-refractivity contribution in [3.63, 3.8) is 0 Å². The number of hydrogen-bond donors (Lipinski definition) is 3. The van der Waals surface area contributed by atoms with Crippen molar-refractivity contribution in [1.29, 1.82) is 0 Å². The highest BCUT2D eigenvalue weighted by Gasteiger charge is 2.35. The Morgan fingerprint density at radius 2 is 1.91 bits per heavy atom. The average molecular weight is 478 g/mol. The Morgan fingerprint density at radius 1 is 1.18 bits per heavy atom. The summed E-state index contributed by atoms with van der Waals surface area (Å²) in [4.78, 5) is 40.1. The number of fused-ring (bicyclic) bond motifs is 1. The molecular weight excluding hydrogens is 457 g/mol. The van der Waals surface area contributed by atoms with Gasteiger partial charge in [-0.1, -0.05) is 0 Å². The summed E-state index contributed by atoms with van der Waals surface area (Å²) in [5, 5.41) is 5.07. The van der Waals surface area contributed by atoms with Gasteiger partial charge in [-0.25, -0.2) is 9.78 Å². The largest absolute Gasteiger partial charge is 0.474 e. The molecule has 1 fully saturated rings. The standard InChI is InChI=1S/C22H21F3N4O5/c23-22(24,25)12-8-11-10-33-21(32)29-17(11)16(9-12)19(31)28-13-3-5-14(6-4-13)34-20-15(18(26)30)2-1-7-27-20/h1-2,7-9,13-14H,3-6,10H2,(H2,26,30)(H,28,31)(H,29,32). The van der Waals surface area contributed by atoms with Gasteiger partial charge in [0.1, 0.15) is 18.3 Å². The van der Waals surface area contributed by atoms with Crippen LogP contribution in [-0.2, 0) is 17.5 Å². The third kappa shape index (κ3) is 5.05. The van der Waals surface area contributed by atoms with Crippen LogP contribution >= 0.6 is 0 Å². The number of ether oxygens (including phenoxy) is 2. The zero-order valence-corrected chi connectivity index (χ0v) is 17.8. The molecule has 2 aromatic rings. The number of pyridine rings is 1. The number of carbonyl (C=O) groups excluding carboxylic acids is 3. The number of nitrogens with zero attached hydrogens (tertiary/aromatic N) is 1. The van der Waals surface area contributed by atoms with Crippen molar-refractivity contribution < 1.29 is 37.0 Å². The third-order valence-electron chi connectivity index (χ3n) is 5.70. The second kappa shape index (κ2) is 9.20. The first-order valence-electron chi connectivity index (χ1n) is 10.5. The first-order valence-corrected chi connectivity index (χ1v) is 10.5. The zero-order chi connectivity index (χ0) is 24.5. The molecule has 1 saturated carbocycles. The molecule has 2 heterocycles. The van der Waals surface area contributed by atoms with E-state index in [2.05, 4.69) is 15.6 Å². The van der Waals surface area contributed by atoms with Crippen LogP contribution in [0.4, 0.5) is 23.7 Å². The predicted octanol–water partition coefficient (Wildman–Crippen LogP) is 3.38. The lowest BCUT2D eigenvalue weighted by Gasteiger charge is -2.30. The van der Waals surface area contributed by atoms with Crippen molar-refractivity contribution in [2.24, 2.45) is 5.73 Å². The summed E-state index contributed by atoms with van der Waals surface area (Å²) in [5.74, 6) is -1.25. The molecule has 34 heavy (non-hydrogen) atoms. The normalized spacial score (nSPS) is 19.9. The highest BCUT2D eigenvalue weighted by molar-refractivity contribution is 6.04. The molecule has 0 unspecified atom stereocenters. The Hall–Kier alpha value is -3.83. The summed E-state index contributed by atoms with van der Waals surface area (Å²) in [6, 6.07) is 4.34. The number of amides is 3. The van der Waals surface area contributed by atoms with E-state index in [4.69, 9.17) is 15.2 Å². The Bertz CT molecular complexity index is 1130. The van der Waals surface area contributed by atoms with E-state index in [1.165, 1.54) is 12.3 Å². The molecule has 3 amide bonds. The van der Waals surface area contributed by atoms with Gasteiger partial charge in [0.2, 0.25) is 5.88 Å². The number of halogens is 3. The van der Waals surface area contributed by atoms with Crippen molar-refractivity contribution in [1.82, 2.24) is 10.3 Å². The Balaban J connectivity index is 1.44. The average Bonchev–Trinajstić information content (AvgIpc) is 2.79. The molecule has 1 aromatic carbocycles. The van der Waals surface area contributed by atoms with Crippen molar-refractivity contribution in [2.75, 3.05) is 5.32 Å². The molecule has 0 bridgehead atoms. The maximum atomic E-state index is 13.3. The molecule has 12 heteroatoms. The summed E-state index contributed by atoms with van der Waals surface area (Å²) in [5.41, 5.74) is 4.29. The molecule has 0 atom stereocenters. The Labute approximate surface area is 191 Å². The zero-order valence-electron chi connectivity index (χ0n) is 17.8. The Kier molecular flexibility index (Phi) is 6.31. The van der Waals surface area contributed by atoms with E-state index in [0.717, 1.165) is 12.1 Å². The maximum Gasteiger partial charge on any atom is 0.416 e. The van der Waals surface area contributed by atoms with Gasteiger partial charge in [-0.2, -0.15) is 13.2 Å².